The van der Waals surface area contributed by atoms with Crippen molar-refractivity contribution in [3.05, 3.63) is 29.3 Å². The fourth-order valence-electron chi connectivity index (χ4n) is 2.32. The first-order valence-corrected chi connectivity index (χ1v) is 9.07. The zero-order valence-corrected chi connectivity index (χ0v) is 16.1. The molecule has 144 valence electrons. The Morgan fingerprint density at radius 1 is 1.30 bits per heavy atom. The maximum atomic E-state index is 12.3. The number of ether oxygens (including phenoxy) is 1. The van der Waals surface area contributed by atoms with Crippen LogP contribution in [0.2, 0.25) is 5.02 Å². The van der Waals surface area contributed by atoms with E-state index in [9.17, 15) is 4.79 Å². The van der Waals surface area contributed by atoms with E-state index < -0.39 is 6.04 Å². The number of carbonyl (C=O) groups excluding carboxylic acids is 1. The third-order valence-electron chi connectivity index (χ3n) is 3.86. The minimum Gasteiger partial charge on any atom is -0.378 e. The summed E-state index contributed by atoms with van der Waals surface area (Å²) in [4.78, 5) is 15.5. The number of halogens is 1. The van der Waals surface area contributed by atoms with E-state index >= 15 is 0 Å². The molecule has 0 spiro atoms. The van der Waals surface area contributed by atoms with Crippen molar-refractivity contribution in [3.63, 3.8) is 0 Å². The number of hydrogen-bond acceptors (Lipinski definition) is 7. The van der Waals surface area contributed by atoms with Crippen molar-refractivity contribution >= 4 is 46.5 Å². The second-order valence-corrected chi connectivity index (χ2v) is 6.55. The lowest BCUT2D eigenvalue weighted by Crippen LogP contribution is -2.46. The molecular formula is C15H19ClN8O2S. The largest absolute Gasteiger partial charge is 0.378 e. The SMILES string of the molecule is C[C@@H](C(=O)NNC(=S)Nc1ccccc1Cl)n1nnc(N2CCOCC2)n1. The van der Waals surface area contributed by atoms with E-state index in [-0.39, 0.29) is 11.0 Å². The number of hydrazine groups is 1. The van der Waals surface area contributed by atoms with Crippen molar-refractivity contribution in [1.82, 2.24) is 31.1 Å². The van der Waals surface area contributed by atoms with Crippen LogP contribution in [-0.2, 0) is 9.53 Å². The molecule has 2 aromatic rings. The predicted molar refractivity (Wildman–Crippen MR) is 105 cm³/mol. The van der Waals surface area contributed by atoms with Crippen molar-refractivity contribution < 1.29 is 9.53 Å². The summed E-state index contributed by atoms with van der Waals surface area (Å²) in [7, 11) is 0. The van der Waals surface area contributed by atoms with Crippen LogP contribution in [0.3, 0.4) is 0 Å². The monoisotopic (exact) mass is 410 g/mol. The van der Waals surface area contributed by atoms with Crippen LogP contribution in [0.1, 0.15) is 13.0 Å². The van der Waals surface area contributed by atoms with Gasteiger partial charge in [0.1, 0.15) is 0 Å². The molecule has 1 atom stereocenters. The quantitative estimate of drug-likeness (QED) is 0.496. The maximum absolute atomic E-state index is 12.3. The number of anilines is 2. The number of rotatable bonds is 4. The minimum absolute atomic E-state index is 0.198. The smallest absolute Gasteiger partial charge is 0.266 e. The van der Waals surface area contributed by atoms with E-state index in [0.29, 0.717) is 43.0 Å². The van der Waals surface area contributed by atoms with Gasteiger partial charge >= 0.3 is 0 Å². The molecule has 1 aromatic carbocycles. The molecule has 10 nitrogen and oxygen atoms in total. The number of tetrazole rings is 1. The van der Waals surface area contributed by atoms with Crippen LogP contribution in [0.5, 0.6) is 0 Å². The van der Waals surface area contributed by atoms with Crippen LogP contribution < -0.4 is 21.1 Å². The average molecular weight is 411 g/mol. The predicted octanol–water partition coefficient (Wildman–Crippen LogP) is 0.742. The molecule has 1 saturated heterocycles. The Morgan fingerprint density at radius 2 is 2.04 bits per heavy atom. The zero-order valence-electron chi connectivity index (χ0n) is 14.6. The van der Waals surface area contributed by atoms with Gasteiger partial charge in [0.25, 0.3) is 11.9 Å². The van der Waals surface area contributed by atoms with Gasteiger partial charge in [0, 0.05) is 13.1 Å². The summed E-state index contributed by atoms with van der Waals surface area (Å²) >= 11 is 11.2. The number of aromatic nitrogens is 4. The number of amides is 1. The summed E-state index contributed by atoms with van der Waals surface area (Å²) in [5.41, 5.74) is 5.77. The lowest BCUT2D eigenvalue weighted by Gasteiger charge is -2.24. The Bertz CT molecular complexity index is 811. The fraction of sp³-hybridized carbons (Fsp3) is 0.400. The Hall–Kier alpha value is -2.50. The Balaban J connectivity index is 1.51. The van der Waals surface area contributed by atoms with Crippen molar-refractivity contribution in [2.45, 2.75) is 13.0 Å². The summed E-state index contributed by atoms with van der Waals surface area (Å²) in [6.45, 7) is 4.27. The number of nitrogens with zero attached hydrogens (tertiary/aromatic N) is 5. The van der Waals surface area contributed by atoms with Gasteiger partial charge in [-0.25, -0.2) is 0 Å². The molecule has 0 saturated carbocycles. The van der Waals surface area contributed by atoms with Crippen molar-refractivity contribution in [1.29, 1.82) is 0 Å². The van der Waals surface area contributed by atoms with Crippen LogP contribution >= 0.6 is 23.8 Å². The van der Waals surface area contributed by atoms with Gasteiger partial charge in [-0.2, -0.15) is 0 Å². The van der Waals surface area contributed by atoms with Crippen LogP contribution in [0.15, 0.2) is 24.3 Å². The number of carbonyl (C=O) groups is 1. The maximum Gasteiger partial charge on any atom is 0.266 e. The summed E-state index contributed by atoms with van der Waals surface area (Å²) in [5.74, 6) is 0.103. The van der Waals surface area contributed by atoms with Gasteiger partial charge in [-0.3, -0.25) is 15.6 Å². The molecule has 0 bridgehead atoms. The highest BCUT2D eigenvalue weighted by Gasteiger charge is 2.21. The molecule has 1 aromatic heterocycles. The molecule has 3 N–H and O–H groups in total. The first kappa shape index (κ1) is 19.3. The van der Waals surface area contributed by atoms with Crippen molar-refractivity contribution in [2.75, 3.05) is 36.5 Å². The fourth-order valence-corrected chi connectivity index (χ4v) is 2.66. The molecule has 27 heavy (non-hydrogen) atoms. The standard InChI is InChI=1S/C15H19ClN8O2S/c1-10(24-21-14(19-22-24)23-6-8-26-9-7-23)13(25)18-20-15(27)17-12-5-3-2-4-11(12)16/h2-5,10H,6-9H2,1H3,(H,18,25)(H2,17,20,27)/t10-/m0/s1. The van der Waals surface area contributed by atoms with Crippen LogP contribution in [-0.4, -0.2) is 57.5 Å². The van der Waals surface area contributed by atoms with E-state index in [1.165, 1.54) is 4.80 Å². The Labute approximate surface area is 166 Å². The van der Waals surface area contributed by atoms with Gasteiger partial charge in [0.05, 0.1) is 23.9 Å². The van der Waals surface area contributed by atoms with Gasteiger partial charge in [0.2, 0.25) is 0 Å². The molecule has 1 fully saturated rings. The molecule has 0 radical (unpaired) electrons. The third kappa shape index (κ3) is 5.02. The number of nitrogens with one attached hydrogen (secondary N) is 3. The minimum atomic E-state index is -0.678. The highest BCUT2D eigenvalue weighted by atomic mass is 35.5. The zero-order chi connectivity index (χ0) is 19.2. The molecule has 2 heterocycles. The Morgan fingerprint density at radius 3 is 2.78 bits per heavy atom. The summed E-state index contributed by atoms with van der Waals surface area (Å²) in [6.07, 6.45) is 0. The van der Waals surface area contributed by atoms with Crippen LogP contribution in [0, 0.1) is 0 Å². The first-order valence-electron chi connectivity index (χ1n) is 8.28. The number of thiocarbonyl (C=S) groups is 1. The van der Waals surface area contributed by atoms with Crippen LogP contribution in [0.4, 0.5) is 11.6 Å². The van der Waals surface area contributed by atoms with E-state index in [4.69, 9.17) is 28.6 Å². The second-order valence-electron chi connectivity index (χ2n) is 5.73. The normalized spacial score (nSPS) is 15.1. The van der Waals surface area contributed by atoms with E-state index in [0.717, 1.165) is 0 Å². The summed E-state index contributed by atoms with van der Waals surface area (Å²) in [5, 5.41) is 15.8. The molecule has 1 aliphatic heterocycles. The highest BCUT2D eigenvalue weighted by Crippen LogP contribution is 2.20. The van der Waals surface area contributed by atoms with Crippen LogP contribution in [0.25, 0.3) is 0 Å². The number of para-hydroxylation sites is 1. The van der Waals surface area contributed by atoms with Gasteiger partial charge in [0.15, 0.2) is 11.2 Å². The summed E-state index contributed by atoms with van der Waals surface area (Å²) < 4.78 is 5.29. The second kappa shape index (κ2) is 8.93. The van der Waals surface area contributed by atoms with Gasteiger partial charge in [-0.1, -0.05) is 28.8 Å². The number of benzene rings is 1. The lowest BCUT2D eigenvalue weighted by atomic mass is 10.3. The van der Waals surface area contributed by atoms with E-state index in [1.807, 2.05) is 17.0 Å². The first-order chi connectivity index (χ1) is 13.0. The highest BCUT2D eigenvalue weighted by molar-refractivity contribution is 7.80. The van der Waals surface area contributed by atoms with Gasteiger partial charge < -0.3 is 15.0 Å². The van der Waals surface area contributed by atoms with Crippen molar-refractivity contribution in [2.24, 2.45) is 0 Å². The topological polar surface area (TPSA) is 109 Å². The van der Waals surface area contributed by atoms with Gasteiger partial charge in [-0.05, 0) is 36.5 Å². The Kier molecular flexibility index (Phi) is 6.37. The van der Waals surface area contributed by atoms with Crippen molar-refractivity contribution in [3.8, 4) is 0 Å². The molecule has 0 unspecified atom stereocenters. The molecule has 3 rings (SSSR count). The molecule has 1 amide bonds. The molecule has 0 aliphatic carbocycles. The number of hydrogen-bond donors (Lipinski definition) is 3. The van der Waals surface area contributed by atoms with E-state index in [2.05, 4.69) is 31.6 Å². The molecule has 12 heteroatoms. The third-order valence-corrected chi connectivity index (χ3v) is 4.39. The summed E-state index contributed by atoms with van der Waals surface area (Å²) in [6, 6.07) is 6.45. The number of morpholine rings is 1. The lowest BCUT2D eigenvalue weighted by molar-refractivity contribution is -0.125. The molecule has 1 aliphatic rings. The molecular weight excluding hydrogens is 392 g/mol. The van der Waals surface area contributed by atoms with Gasteiger partial charge in [-0.15, -0.1) is 9.90 Å². The van der Waals surface area contributed by atoms with E-state index in [1.54, 1.807) is 19.1 Å². The average Bonchev–Trinajstić information content (AvgIpc) is 3.18.